The van der Waals surface area contributed by atoms with Crippen molar-refractivity contribution < 1.29 is 19.4 Å². The zero-order valence-electron chi connectivity index (χ0n) is 11.1. The summed E-state index contributed by atoms with van der Waals surface area (Å²) in [6.07, 6.45) is 1.66. The van der Waals surface area contributed by atoms with Crippen molar-refractivity contribution in [2.24, 2.45) is 0 Å². The molecule has 0 spiro atoms. The van der Waals surface area contributed by atoms with Crippen LogP contribution in [0.25, 0.3) is 0 Å². The van der Waals surface area contributed by atoms with Crippen LogP contribution in [0.4, 0.5) is 10.5 Å². The number of carboxylic acids is 1. The van der Waals surface area contributed by atoms with Crippen LogP contribution in [0.15, 0.2) is 29.8 Å². The van der Waals surface area contributed by atoms with Crippen LogP contribution in [0.2, 0.25) is 0 Å². The summed E-state index contributed by atoms with van der Waals surface area (Å²) in [6, 6.07) is 3.91. The molecule has 1 aromatic carbocycles. The first-order chi connectivity index (χ1) is 10.1. The quantitative estimate of drug-likeness (QED) is 0.786. The number of hydrogen-bond donors (Lipinski definition) is 3. The molecule has 0 bridgehead atoms. The molecule has 0 aliphatic carbocycles. The van der Waals surface area contributed by atoms with Crippen LogP contribution in [0.5, 0.6) is 5.75 Å². The number of thiazole rings is 1. The lowest BCUT2D eigenvalue weighted by atomic mass is 10.2. The first-order valence-electron chi connectivity index (χ1n) is 5.94. The Hall–Kier alpha value is -2.61. The van der Waals surface area contributed by atoms with Gasteiger partial charge in [0.05, 0.1) is 13.7 Å². The predicted molar refractivity (Wildman–Crippen MR) is 77.9 cm³/mol. The second kappa shape index (κ2) is 6.71. The van der Waals surface area contributed by atoms with Crippen molar-refractivity contribution >= 4 is 29.0 Å². The van der Waals surface area contributed by atoms with E-state index >= 15 is 0 Å². The number of hydrogen-bond acceptors (Lipinski definition) is 5. The van der Waals surface area contributed by atoms with Gasteiger partial charge >= 0.3 is 12.0 Å². The molecule has 110 valence electrons. The first kappa shape index (κ1) is 14.8. The van der Waals surface area contributed by atoms with Gasteiger partial charge in [-0.1, -0.05) is 0 Å². The molecule has 21 heavy (non-hydrogen) atoms. The van der Waals surface area contributed by atoms with Gasteiger partial charge in [-0.15, -0.1) is 11.3 Å². The second-order valence-corrected chi connectivity index (χ2v) is 4.93. The highest BCUT2D eigenvalue weighted by atomic mass is 32.1. The highest BCUT2D eigenvalue weighted by Crippen LogP contribution is 2.23. The maximum absolute atomic E-state index is 11.7. The number of rotatable bonds is 5. The number of ether oxygens (including phenoxy) is 1. The Balaban J connectivity index is 1.99. The van der Waals surface area contributed by atoms with E-state index in [-0.39, 0.29) is 11.3 Å². The van der Waals surface area contributed by atoms with E-state index in [2.05, 4.69) is 15.6 Å². The van der Waals surface area contributed by atoms with Gasteiger partial charge in [0, 0.05) is 23.3 Å². The number of aromatic nitrogens is 1. The molecule has 0 atom stereocenters. The summed E-state index contributed by atoms with van der Waals surface area (Å²) < 4.78 is 4.99. The van der Waals surface area contributed by atoms with Gasteiger partial charge in [0.25, 0.3) is 0 Å². The van der Waals surface area contributed by atoms with Crippen LogP contribution < -0.4 is 15.4 Å². The van der Waals surface area contributed by atoms with Crippen LogP contribution in [-0.2, 0) is 6.54 Å². The summed E-state index contributed by atoms with van der Waals surface area (Å²) in [5, 5.41) is 16.8. The van der Waals surface area contributed by atoms with Gasteiger partial charge in [-0.2, -0.15) is 0 Å². The highest BCUT2D eigenvalue weighted by Gasteiger charge is 2.12. The molecule has 1 heterocycles. The van der Waals surface area contributed by atoms with E-state index in [4.69, 9.17) is 9.84 Å². The van der Waals surface area contributed by atoms with Crippen LogP contribution in [0.3, 0.4) is 0 Å². The van der Waals surface area contributed by atoms with E-state index in [0.717, 1.165) is 5.01 Å². The average molecular weight is 307 g/mol. The van der Waals surface area contributed by atoms with Gasteiger partial charge in [-0.05, 0) is 12.1 Å². The Morgan fingerprint density at radius 3 is 2.86 bits per heavy atom. The molecule has 0 aliphatic rings. The Bertz CT molecular complexity index is 643. The second-order valence-electron chi connectivity index (χ2n) is 3.95. The van der Waals surface area contributed by atoms with E-state index in [1.165, 1.54) is 36.6 Å². The summed E-state index contributed by atoms with van der Waals surface area (Å²) in [5.41, 5.74) is 0.472. The molecule has 2 rings (SSSR count). The van der Waals surface area contributed by atoms with Crippen molar-refractivity contribution in [2.75, 3.05) is 12.4 Å². The Morgan fingerprint density at radius 1 is 1.43 bits per heavy atom. The third-order valence-corrected chi connectivity index (χ3v) is 3.35. The van der Waals surface area contributed by atoms with Crippen LogP contribution in [0.1, 0.15) is 15.4 Å². The molecular formula is C13H13N3O4S. The topological polar surface area (TPSA) is 101 Å². The maximum atomic E-state index is 11.7. The lowest BCUT2D eigenvalue weighted by molar-refractivity contribution is 0.0693. The highest BCUT2D eigenvalue weighted by molar-refractivity contribution is 7.09. The van der Waals surface area contributed by atoms with E-state index in [1.807, 2.05) is 5.38 Å². The van der Waals surface area contributed by atoms with Gasteiger partial charge in [0.1, 0.15) is 16.3 Å². The minimum atomic E-state index is -1.09. The third-order valence-electron chi connectivity index (χ3n) is 2.57. The zero-order chi connectivity index (χ0) is 15.2. The average Bonchev–Trinajstić information content (AvgIpc) is 2.98. The minimum absolute atomic E-state index is 0.0336. The number of nitrogens with one attached hydrogen (secondary N) is 2. The molecule has 0 saturated carbocycles. The van der Waals surface area contributed by atoms with Crippen molar-refractivity contribution in [2.45, 2.75) is 6.54 Å². The summed E-state index contributed by atoms with van der Waals surface area (Å²) in [4.78, 5) is 26.7. The van der Waals surface area contributed by atoms with Gasteiger partial charge in [0.15, 0.2) is 0 Å². The molecule has 0 radical (unpaired) electrons. The van der Waals surface area contributed by atoms with Crippen LogP contribution in [-0.4, -0.2) is 29.2 Å². The lowest BCUT2D eigenvalue weighted by Crippen LogP contribution is -2.28. The smallest absolute Gasteiger partial charge is 0.339 e. The number of urea groups is 1. The van der Waals surface area contributed by atoms with Crippen molar-refractivity contribution in [3.8, 4) is 5.75 Å². The first-order valence-corrected chi connectivity index (χ1v) is 6.82. The summed E-state index contributed by atoms with van der Waals surface area (Å²) in [6.45, 7) is 0.327. The molecule has 0 fully saturated rings. The van der Waals surface area contributed by atoms with Gasteiger partial charge in [-0.25, -0.2) is 14.6 Å². The number of benzene rings is 1. The predicted octanol–water partition coefficient (Wildman–Crippen LogP) is 2.17. The molecule has 2 aromatic rings. The zero-order valence-corrected chi connectivity index (χ0v) is 11.9. The number of carbonyl (C=O) groups excluding carboxylic acids is 1. The number of nitrogens with zero attached hydrogens (tertiary/aromatic N) is 1. The van der Waals surface area contributed by atoms with Gasteiger partial charge in [-0.3, -0.25) is 0 Å². The normalized spacial score (nSPS) is 9.95. The van der Waals surface area contributed by atoms with E-state index < -0.39 is 12.0 Å². The summed E-state index contributed by atoms with van der Waals surface area (Å²) >= 11 is 1.44. The summed E-state index contributed by atoms with van der Waals surface area (Å²) in [5.74, 6) is -0.910. The number of amides is 2. The van der Waals surface area contributed by atoms with Crippen molar-refractivity contribution in [3.05, 3.63) is 40.3 Å². The van der Waals surface area contributed by atoms with Gasteiger partial charge < -0.3 is 20.5 Å². The Kier molecular flexibility index (Phi) is 4.72. The summed E-state index contributed by atoms with van der Waals surface area (Å²) in [7, 11) is 1.37. The molecule has 0 unspecified atom stereocenters. The van der Waals surface area contributed by atoms with E-state index in [9.17, 15) is 9.59 Å². The van der Waals surface area contributed by atoms with E-state index in [1.54, 1.807) is 6.20 Å². The Labute approximate surface area is 124 Å². The lowest BCUT2D eigenvalue weighted by Gasteiger charge is -2.09. The molecule has 0 aliphatic heterocycles. The molecular weight excluding hydrogens is 294 g/mol. The minimum Gasteiger partial charge on any atom is -0.496 e. The molecule has 7 nitrogen and oxygen atoms in total. The standard InChI is InChI=1S/C13H13N3O4S/c1-20-10-6-8(2-3-9(10)12(17)18)16-13(19)15-7-11-14-4-5-21-11/h2-6H,7H2,1H3,(H,17,18)(H2,15,16,19). The third kappa shape index (κ3) is 3.93. The number of aromatic carboxylic acids is 1. The fraction of sp³-hybridized carbons (Fsp3) is 0.154. The van der Waals surface area contributed by atoms with Gasteiger partial charge in [0.2, 0.25) is 0 Å². The monoisotopic (exact) mass is 307 g/mol. The molecule has 0 saturated heterocycles. The SMILES string of the molecule is COc1cc(NC(=O)NCc2nccs2)ccc1C(=O)O. The molecule has 2 amide bonds. The largest absolute Gasteiger partial charge is 0.496 e. The molecule has 1 aromatic heterocycles. The number of carboxylic acid groups (broad SMARTS) is 1. The fourth-order valence-corrected chi connectivity index (χ4v) is 2.17. The van der Waals surface area contributed by atoms with E-state index in [0.29, 0.717) is 12.2 Å². The molecule has 3 N–H and O–H groups in total. The van der Waals surface area contributed by atoms with Crippen molar-refractivity contribution in [3.63, 3.8) is 0 Å². The van der Waals surface area contributed by atoms with Crippen molar-refractivity contribution in [1.29, 1.82) is 0 Å². The van der Waals surface area contributed by atoms with Crippen LogP contribution >= 0.6 is 11.3 Å². The maximum Gasteiger partial charge on any atom is 0.339 e. The molecule has 8 heteroatoms. The fourth-order valence-electron chi connectivity index (χ4n) is 1.62. The number of carbonyl (C=O) groups is 2. The van der Waals surface area contributed by atoms with Crippen LogP contribution in [0, 0.1) is 0 Å². The number of methoxy groups -OCH3 is 1. The van der Waals surface area contributed by atoms with Crippen molar-refractivity contribution in [1.82, 2.24) is 10.3 Å². The number of anilines is 1. The Morgan fingerprint density at radius 2 is 2.24 bits per heavy atom.